The van der Waals surface area contributed by atoms with Crippen LogP contribution >= 0.6 is 12.4 Å². The molecular weight excluding hydrogens is 146 g/mol. The van der Waals surface area contributed by atoms with E-state index in [9.17, 15) is 0 Å². The molecule has 0 radical (unpaired) electrons. The summed E-state index contributed by atoms with van der Waals surface area (Å²) < 4.78 is 0. The van der Waals surface area contributed by atoms with E-state index in [0.717, 1.165) is 12.0 Å². The van der Waals surface area contributed by atoms with Gasteiger partial charge in [0, 0.05) is 6.04 Å². The molecule has 1 rings (SSSR count). The second kappa shape index (κ2) is 4.97. The van der Waals surface area contributed by atoms with Crippen molar-refractivity contribution in [1.29, 1.82) is 0 Å². The zero-order valence-electron chi connectivity index (χ0n) is 6.89. The first kappa shape index (κ1) is 10.2. The van der Waals surface area contributed by atoms with Crippen molar-refractivity contribution < 1.29 is 0 Å². The predicted octanol–water partition coefficient (Wildman–Crippen LogP) is 2.21. The van der Waals surface area contributed by atoms with Crippen molar-refractivity contribution in [3.63, 3.8) is 0 Å². The molecule has 0 spiro atoms. The molecule has 62 valence electrons. The minimum Gasteiger partial charge on any atom is -0.317 e. The Bertz CT molecular complexity index is 77.3. The van der Waals surface area contributed by atoms with Gasteiger partial charge in [-0.25, -0.2) is 0 Å². The molecule has 1 fully saturated rings. The summed E-state index contributed by atoms with van der Waals surface area (Å²) in [5.41, 5.74) is 0. The molecule has 0 amide bonds. The minimum absolute atomic E-state index is 0. The fraction of sp³-hybridized carbons (Fsp3) is 1.00. The van der Waals surface area contributed by atoms with E-state index in [4.69, 9.17) is 0 Å². The smallest absolute Gasteiger partial charge is 0.00642 e. The Morgan fingerprint density at radius 3 is 2.00 bits per heavy atom. The van der Waals surface area contributed by atoms with Gasteiger partial charge in [-0.1, -0.05) is 6.92 Å². The highest BCUT2D eigenvalue weighted by molar-refractivity contribution is 5.85. The third-order valence-electron chi connectivity index (χ3n) is 2.42. The molecule has 10 heavy (non-hydrogen) atoms. The van der Waals surface area contributed by atoms with Gasteiger partial charge < -0.3 is 5.32 Å². The van der Waals surface area contributed by atoms with Crippen molar-refractivity contribution >= 4 is 12.4 Å². The van der Waals surface area contributed by atoms with E-state index in [1.165, 1.54) is 25.7 Å². The highest BCUT2D eigenvalue weighted by atomic mass is 35.5. The van der Waals surface area contributed by atoms with Crippen LogP contribution in [0.3, 0.4) is 0 Å². The minimum atomic E-state index is 0. The topological polar surface area (TPSA) is 12.0 Å². The summed E-state index contributed by atoms with van der Waals surface area (Å²) in [6, 6.07) is 0.821. The van der Waals surface area contributed by atoms with Crippen molar-refractivity contribution in [2.45, 2.75) is 38.6 Å². The van der Waals surface area contributed by atoms with Crippen molar-refractivity contribution in [2.24, 2.45) is 5.92 Å². The number of halogens is 1. The molecule has 0 aliphatic heterocycles. The number of hydrogen-bond donors (Lipinski definition) is 1. The fourth-order valence-electron chi connectivity index (χ4n) is 1.55. The molecule has 1 aliphatic rings. The maximum atomic E-state index is 3.32. The van der Waals surface area contributed by atoms with E-state index in [1.807, 2.05) is 0 Å². The van der Waals surface area contributed by atoms with Crippen LogP contribution in [0.15, 0.2) is 0 Å². The SMILES string of the molecule is CN[C@H]1CC[C@H](C)CC1.Cl. The average molecular weight is 164 g/mol. The second-order valence-corrected chi connectivity index (χ2v) is 3.25. The highest BCUT2D eigenvalue weighted by Gasteiger charge is 2.15. The van der Waals surface area contributed by atoms with E-state index in [0.29, 0.717) is 0 Å². The Balaban J connectivity index is 0.000000810. The van der Waals surface area contributed by atoms with E-state index in [1.54, 1.807) is 0 Å². The van der Waals surface area contributed by atoms with Crippen molar-refractivity contribution in [2.75, 3.05) is 7.05 Å². The van der Waals surface area contributed by atoms with Gasteiger partial charge in [-0.15, -0.1) is 12.4 Å². The predicted molar refractivity (Wildman–Crippen MR) is 47.7 cm³/mol. The van der Waals surface area contributed by atoms with Crippen molar-refractivity contribution in [3.05, 3.63) is 0 Å². The summed E-state index contributed by atoms with van der Waals surface area (Å²) in [4.78, 5) is 0. The molecule has 0 aromatic heterocycles. The molecular formula is C8H18ClN. The molecule has 0 aromatic carbocycles. The van der Waals surface area contributed by atoms with Crippen LogP contribution in [0.5, 0.6) is 0 Å². The van der Waals surface area contributed by atoms with E-state index in [2.05, 4.69) is 19.3 Å². The van der Waals surface area contributed by atoms with Crippen molar-refractivity contribution in [3.8, 4) is 0 Å². The van der Waals surface area contributed by atoms with Gasteiger partial charge >= 0.3 is 0 Å². The van der Waals surface area contributed by atoms with Gasteiger partial charge in [0.15, 0.2) is 0 Å². The highest BCUT2D eigenvalue weighted by Crippen LogP contribution is 2.22. The number of rotatable bonds is 1. The molecule has 2 heteroatoms. The molecule has 0 unspecified atom stereocenters. The zero-order chi connectivity index (χ0) is 6.69. The van der Waals surface area contributed by atoms with Crippen LogP contribution in [0.25, 0.3) is 0 Å². The lowest BCUT2D eigenvalue weighted by atomic mass is 9.87. The van der Waals surface area contributed by atoms with E-state index in [-0.39, 0.29) is 12.4 Å². The lowest BCUT2D eigenvalue weighted by Gasteiger charge is -2.25. The van der Waals surface area contributed by atoms with Crippen LogP contribution in [0, 0.1) is 5.92 Å². The Morgan fingerprint density at radius 2 is 1.60 bits per heavy atom. The maximum absolute atomic E-state index is 3.32. The van der Waals surface area contributed by atoms with Crippen LogP contribution in [0.2, 0.25) is 0 Å². The van der Waals surface area contributed by atoms with E-state index >= 15 is 0 Å². The molecule has 0 atom stereocenters. The quantitative estimate of drug-likeness (QED) is 0.625. The first-order chi connectivity index (χ1) is 4.33. The summed E-state index contributed by atoms with van der Waals surface area (Å²) in [7, 11) is 2.07. The largest absolute Gasteiger partial charge is 0.317 e. The average Bonchev–Trinajstić information content (AvgIpc) is 1.90. The lowest BCUT2D eigenvalue weighted by Crippen LogP contribution is -2.29. The Kier molecular flexibility index (Phi) is 5.10. The molecule has 1 nitrogen and oxygen atoms in total. The summed E-state index contributed by atoms with van der Waals surface area (Å²) in [6.45, 7) is 2.35. The third kappa shape index (κ3) is 2.89. The fourth-order valence-corrected chi connectivity index (χ4v) is 1.55. The Hall–Kier alpha value is 0.250. The third-order valence-corrected chi connectivity index (χ3v) is 2.42. The van der Waals surface area contributed by atoms with Crippen LogP contribution in [0.1, 0.15) is 32.6 Å². The Morgan fingerprint density at radius 1 is 1.10 bits per heavy atom. The zero-order valence-corrected chi connectivity index (χ0v) is 7.71. The van der Waals surface area contributed by atoms with Gasteiger partial charge in [0.2, 0.25) is 0 Å². The summed E-state index contributed by atoms with van der Waals surface area (Å²) in [6.07, 6.45) is 5.62. The summed E-state index contributed by atoms with van der Waals surface area (Å²) in [5.74, 6) is 0.981. The molecule has 1 aliphatic carbocycles. The molecule has 1 saturated carbocycles. The van der Waals surface area contributed by atoms with Crippen LogP contribution in [0.4, 0.5) is 0 Å². The first-order valence-electron chi connectivity index (χ1n) is 4.00. The van der Waals surface area contributed by atoms with Gasteiger partial charge in [0.25, 0.3) is 0 Å². The van der Waals surface area contributed by atoms with Crippen LogP contribution < -0.4 is 5.32 Å². The normalized spacial score (nSPS) is 33.0. The Labute approximate surface area is 70.0 Å². The van der Waals surface area contributed by atoms with Crippen molar-refractivity contribution in [1.82, 2.24) is 5.32 Å². The van der Waals surface area contributed by atoms with Crippen LogP contribution in [-0.4, -0.2) is 13.1 Å². The van der Waals surface area contributed by atoms with Gasteiger partial charge in [-0.05, 0) is 38.6 Å². The first-order valence-corrected chi connectivity index (χ1v) is 4.00. The molecule has 0 bridgehead atoms. The maximum Gasteiger partial charge on any atom is 0.00642 e. The van der Waals surface area contributed by atoms with Gasteiger partial charge in [0.05, 0.1) is 0 Å². The van der Waals surface area contributed by atoms with E-state index < -0.39 is 0 Å². The second-order valence-electron chi connectivity index (χ2n) is 3.25. The lowest BCUT2D eigenvalue weighted by molar-refractivity contribution is 0.319. The monoisotopic (exact) mass is 163 g/mol. The van der Waals surface area contributed by atoms with Crippen LogP contribution in [-0.2, 0) is 0 Å². The molecule has 0 saturated heterocycles. The summed E-state index contributed by atoms with van der Waals surface area (Å²) >= 11 is 0. The molecule has 1 N–H and O–H groups in total. The standard InChI is InChI=1S/C8H17N.ClH/c1-7-3-5-8(9-2)6-4-7;/h7-9H,3-6H2,1-2H3;1H/t7-,8-;. The van der Waals surface area contributed by atoms with Gasteiger partial charge in [-0.2, -0.15) is 0 Å². The molecule has 0 aromatic rings. The summed E-state index contributed by atoms with van der Waals surface area (Å²) in [5, 5.41) is 3.32. The molecule has 0 heterocycles. The van der Waals surface area contributed by atoms with Gasteiger partial charge in [-0.3, -0.25) is 0 Å². The number of nitrogens with one attached hydrogen (secondary N) is 1. The number of hydrogen-bond acceptors (Lipinski definition) is 1. The van der Waals surface area contributed by atoms with Gasteiger partial charge in [0.1, 0.15) is 0 Å².